The van der Waals surface area contributed by atoms with Gasteiger partial charge in [-0.15, -0.1) is 0 Å². The van der Waals surface area contributed by atoms with E-state index in [1.54, 1.807) is 31.1 Å². The molecule has 1 saturated heterocycles. The SMILES string of the molecule is C=CC(=O)N1CCN2c3nc(=O)n(-c4c(C)ccnc4C(C)C)c4c(F)c(-c5c(N)c(Cl)cc(Cl)c5F)c(Cl)c(c34)N(C)CCC2C1. The Kier molecular flexibility index (Phi) is 8.61. The lowest BCUT2D eigenvalue weighted by Crippen LogP contribution is -2.56. The molecule has 47 heavy (non-hydrogen) atoms. The van der Waals surface area contributed by atoms with Crippen molar-refractivity contribution in [3.05, 3.63) is 79.4 Å². The fraction of sp³-hybridized carbons (Fsp3) is 0.333. The van der Waals surface area contributed by atoms with Crippen LogP contribution in [0.1, 0.15) is 37.4 Å². The van der Waals surface area contributed by atoms with Crippen LogP contribution in [-0.4, -0.2) is 64.6 Å². The van der Waals surface area contributed by atoms with Gasteiger partial charge in [0.05, 0.1) is 43.2 Å². The van der Waals surface area contributed by atoms with Gasteiger partial charge in [0.2, 0.25) is 5.91 Å². The van der Waals surface area contributed by atoms with Crippen LogP contribution in [0.4, 0.5) is 26.0 Å². The number of aryl methyl sites for hydroxylation is 1. The van der Waals surface area contributed by atoms with Crippen molar-refractivity contribution in [1.29, 1.82) is 0 Å². The molecule has 0 saturated carbocycles. The van der Waals surface area contributed by atoms with E-state index in [1.807, 2.05) is 23.6 Å². The van der Waals surface area contributed by atoms with E-state index in [2.05, 4.69) is 16.5 Å². The number of anilines is 3. The molecule has 9 nitrogen and oxygen atoms in total. The van der Waals surface area contributed by atoms with Crippen molar-refractivity contribution >= 4 is 68.8 Å². The highest BCUT2D eigenvalue weighted by molar-refractivity contribution is 6.40. The number of hydrogen-bond acceptors (Lipinski definition) is 7. The third kappa shape index (κ3) is 5.19. The van der Waals surface area contributed by atoms with Crippen molar-refractivity contribution in [2.24, 2.45) is 0 Å². The van der Waals surface area contributed by atoms with Gasteiger partial charge in [-0.1, -0.05) is 55.2 Å². The van der Waals surface area contributed by atoms with Gasteiger partial charge >= 0.3 is 5.69 Å². The quantitative estimate of drug-likeness (QED) is 0.143. The first-order valence-corrected chi connectivity index (χ1v) is 16.2. The van der Waals surface area contributed by atoms with Crippen molar-refractivity contribution in [1.82, 2.24) is 19.4 Å². The number of aromatic nitrogens is 3. The Morgan fingerprint density at radius 1 is 1.11 bits per heavy atom. The van der Waals surface area contributed by atoms with Crippen LogP contribution in [-0.2, 0) is 4.79 Å². The molecule has 2 N–H and O–H groups in total. The van der Waals surface area contributed by atoms with E-state index in [0.717, 1.165) is 6.07 Å². The van der Waals surface area contributed by atoms with E-state index < -0.39 is 28.5 Å². The number of nitrogen functional groups attached to an aromatic ring is 1. The van der Waals surface area contributed by atoms with Crippen LogP contribution < -0.4 is 21.2 Å². The van der Waals surface area contributed by atoms with E-state index >= 15 is 8.78 Å². The van der Waals surface area contributed by atoms with Crippen LogP contribution in [0.5, 0.6) is 0 Å². The summed E-state index contributed by atoms with van der Waals surface area (Å²) in [6.07, 6.45) is 3.42. The smallest absolute Gasteiger partial charge is 0.354 e. The molecule has 14 heteroatoms. The summed E-state index contributed by atoms with van der Waals surface area (Å²) in [4.78, 5) is 41.5. The maximum absolute atomic E-state index is 17.6. The molecule has 246 valence electrons. The van der Waals surface area contributed by atoms with Gasteiger partial charge in [0.25, 0.3) is 0 Å². The predicted octanol–water partition coefficient (Wildman–Crippen LogP) is 6.74. The molecular weight excluding hydrogens is 671 g/mol. The van der Waals surface area contributed by atoms with Crippen molar-refractivity contribution in [3.8, 4) is 16.8 Å². The summed E-state index contributed by atoms with van der Waals surface area (Å²) in [5.41, 5.74) is 6.11. The molecular formula is C33H32Cl3F2N7O2. The molecule has 2 aliphatic rings. The van der Waals surface area contributed by atoms with Crippen LogP contribution in [0.3, 0.4) is 0 Å². The zero-order valence-electron chi connectivity index (χ0n) is 26.2. The molecule has 2 aliphatic heterocycles. The Morgan fingerprint density at radius 3 is 2.51 bits per heavy atom. The number of halogens is 5. The number of nitrogens with two attached hydrogens (primary N) is 1. The Hall–Kier alpha value is -3.93. The first-order chi connectivity index (χ1) is 22.3. The lowest BCUT2D eigenvalue weighted by Gasteiger charge is -2.44. The molecule has 0 bridgehead atoms. The van der Waals surface area contributed by atoms with Gasteiger partial charge in [-0.25, -0.2) is 13.6 Å². The van der Waals surface area contributed by atoms with Crippen molar-refractivity contribution < 1.29 is 13.6 Å². The summed E-state index contributed by atoms with van der Waals surface area (Å²) in [6.45, 7) is 10.6. The third-order valence-electron chi connectivity index (χ3n) is 8.97. The van der Waals surface area contributed by atoms with Gasteiger partial charge in [-0.05, 0) is 43.0 Å². The molecule has 2 aromatic heterocycles. The fourth-order valence-corrected chi connectivity index (χ4v) is 7.55. The number of hydrogen-bond donors (Lipinski definition) is 1. The second-order valence-electron chi connectivity index (χ2n) is 12.1. The minimum Gasteiger partial charge on any atom is -0.397 e. The molecule has 2 aromatic carbocycles. The van der Waals surface area contributed by atoms with Crippen molar-refractivity contribution in [2.75, 3.05) is 48.8 Å². The lowest BCUT2D eigenvalue weighted by atomic mass is 9.96. The molecule has 0 spiro atoms. The summed E-state index contributed by atoms with van der Waals surface area (Å²) >= 11 is 19.6. The normalized spacial score (nSPS) is 16.4. The molecule has 1 atom stereocenters. The zero-order valence-corrected chi connectivity index (χ0v) is 28.4. The minimum absolute atomic E-state index is 0.0919. The summed E-state index contributed by atoms with van der Waals surface area (Å²) in [7, 11) is 1.77. The van der Waals surface area contributed by atoms with Gasteiger partial charge in [-0.3, -0.25) is 14.3 Å². The molecule has 1 unspecified atom stereocenters. The van der Waals surface area contributed by atoms with Crippen molar-refractivity contribution in [2.45, 2.75) is 39.2 Å². The Bertz CT molecular complexity index is 2030. The average Bonchev–Trinajstić information content (AvgIpc) is 3.03. The predicted molar refractivity (Wildman–Crippen MR) is 185 cm³/mol. The van der Waals surface area contributed by atoms with Gasteiger partial charge < -0.3 is 20.4 Å². The van der Waals surface area contributed by atoms with E-state index in [1.165, 1.54) is 10.6 Å². The molecule has 6 rings (SSSR count). The number of piperazine rings is 1. The van der Waals surface area contributed by atoms with Crippen LogP contribution in [0.2, 0.25) is 15.1 Å². The van der Waals surface area contributed by atoms with Crippen LogP contribution >= 0.6 is 34.8 Å². The van der Waals surface area contributed by atoms with Crippen LogP contribution in [0.25, 0.3) is 27.7 Å². The third-order valence-corrected chi connectivity index (χ3v) is 9.93. The molecule has 0 aliphatic carbocycles. The number of nitrogens with zero attached hydrogens (tertiary/aromatic N) is 6. The molecule has 0 radical (unpaired) electrons. The number of benzene rings is 2. The summed E-state index contributed by atoms with van der Waals surface area (Å²) < 4.78 is 34.7. The monoisotopic (exact) mass is 701 g/mol. The van der Waals surface area contributed by atoms with Crippen LogP contribution in [0, 0.1) is 18.6 Å². The number of pyridine rings is 1. The van der Waals surface area contributed by atoms with E-state index in [4.69, 9.17) is 40.5 Å². The van der Waals surface area contributed by atoms with Gasteiger partial charge in [0, 0.05) is 56.6 Å². The van der Waals surface area contributed by atoms with Crippen molar-refractivity contribution in [3.63, 3.8) is 0 Å². The summed E-state index contributed by atoms with van der Waals surface area (Å²) in [5, 5.41) is -0.374. The number of rotatable bonds is 4. The summed E-state index contributed by atoms with van der Waals surface area (Å²) in [6, 6.07) is 2.60. The first kappa shape index (κ1) is 33.0. The minimum atomic E-state index is -1.01. The van der Waals surface area contributed by atoms with Gasteiger partial charge in [-0.2, -0.15) is 4.98 Å². The standard InChI is InChI=1S/C33H32Cl3F2N7O2/c1-6-20(46)43-11-12-44-17(14-43)8-10-42(5)30-23-31(26(38)21(24(30)36)22-25(37)18(34)13-19(35)27(22)39)45(33(47)41-32(23)44)29-16(4)7-9-40-28(29)15(2)3/h6-7,9,13,15,17H,1,8,10-12,14,39H2,2-5H3. The largest absolute Gasteiger partial charge is 0.397 e. The van der Waals surface area contributed by atoms with E-state index in [-0.39, 0.29) is 55.3 Å². The lowest BCUT2D eigenvalue weighted by molar-refractivity contribution is -0.126. The molecule has 4 aromatic rings. The average molecular weight is 703 g/mol. The van der Waals surface area contributed by atoms with Gasteiger partial charge in [0.1, 0.15) is 11.3 Å². The Morgan fingerprint density at radius 2 is 1.83 bits per heavy atom. The van der Waals surface area contributed by atoms with Crippen LogP contribution in [0.15, 0.2) is 35.8 Å². The Labute approximate surface area is 285 Å². The highest BCUT2D eigenvalue weighted by atomic mass is 35.5. The molecule has 4 heterocycles. The first-order valence-electron chi connectivity index (χ1n) is 15.0. The zero-order chi connectivity index (χ0) is 34.1. The maximum Gasteiger partial charge on any atom is 0.354 e. The van der Waals surface area contributed by atoms with E-state index in [9.17, 15) is 9.59 Å². The topological polar surface area (TPSA) is 101 Å². The van der Waals surface area contributed by atoms with E-state index in [0.29, 0.717) is 55.2 Å². The highest BCUT2D eigenvalue weighted by Crippen LogP contribution is 2.51. The number of amides is 1. The maximum atomic E-state index is 17.6. The fourth-order valence-electron chi connectivity index (χ4n) is 6.68. The summed E-state index contributed by atoms with van der Waals surface area (Å²) in [5.74, 6) is -2.19. The second-order valence-corrected chi connectivity index (χ2v) is 13.3. The highest BCUT2D eigenvalue weighted by Gasteiger charge is 2.38. The number of fused-ring (bicyclic) bond motifs is 2. The molecule has 1 amide bonds. The van der Waals surface area contributed by atoms with Gasteiger partial charge in [0.15, 0.2) is 11.6 Å². The second kappa shape index (κ2) is 12.3. The Balaban J connectivity index is 1.82. The number of carbonyl (C=O) groups is 1. The number of carbonyl (C=O) groups excluding carboxylic acids is 1. The molecule has 1 fully saturated rings.